The van der Waals surface area contributed by atoms with Crippen LogP contribution in [0.5, 0.6) is 5.75 Å². The fourth-order valence-corrected chi connectivity index (χ4v) is 3.13. The minimum absolute atomic E-state index is 0.228. The first-order valence-electron chi connectivity index (χ1n) is 9.03. The van der Waals surface area contributed by atoms with E-state index in [4.69, 9.17) is 4.74 Å². The summed E-state index contributed by atoms with van der Waals surface area (Å²) >= 11 is 0. The lowest BCUT2D eigenvalue weighted by atomic mass is 10.1. The Labute approximate surface area is 158 Å². The molecule has 0 saturated carbocycles. The summed E-state index contributed by atoms with van der Waals surface area (Å²) < 4.78 is 18.7. The molecule has 2 aromatic carbocycles. The van der Waals surface area contributed by atoms with E-state index in [1.54, 1.807) is 14.2 Å². The van der Waals surface area contributed by atoms with Gasteiger partial charge in [0, 0.05) is 37.2 Å². The highest BCUT2D eigenvalue weighted by atomic mass is 19.1. The molecule has 3 N–H and O–H groups in total. The van der Waals surface area contributed by atoms with Gasteiger partial charge >= 0.3 is 0 Å². The largest absolute Gasteiger partial charge is 0.496 e. The van der Waals surface area contributed by atoms with E-state index < -0.39 is 0 Å². The van der Waals surface area contributed by atoms with Gasteiger partial charge in [-0.2, -0.15) is 0 Å². The molecule has 0 aliphatic carbocycles. The lowest BCUT2D eigenvalue weighted by molar-refractivity contribution is 0.409. The average molecular weight is 368 g/mol. The molecule has 0 unspecified atom stereocenters. The SMILES string of the molecule is CN=C(NCCc1ccccc1OC)NCCc1c[nH]c2cc(F)ccc12. The van der Waals surface area contributed by atoms with Crippen molar-refractivity contribution in [2.75, 3.05) is 27.2 Å². The number of nitrogens with one attached hydrogen (secondary N) is 3. The Morgan fingerprint density at radius 3 is 2.56 bits per heavy atom. The minimum atomic E-state index is -0.228. The number of para-hydroxylation sites is 1. The second kappa shape index (κ2) is 9.07. The summed E-state index contributed by atoms with van der Waals surface area (Å²) in [5.74, 6) is 1.43. The van der Waals surface area contributed by atoms with Gasteiger partial charge < -0.3 is 20.4 Å². The zero-order valence-corrected chi connectivity index (χ0v) is 15.7. The topological polar surface area (TPSA) is 61.4 Å². The number of benzene rings is 2. The van der Waals surface area contributed by atoms with Gasteiger partial charge in [-0.15, -0.1) is 0 Å². The quantitative estimate of drug-likeness (QED) is 0.443. The Hall–Kier alpha value is -3.02. The lowest BCUT2D eigenvalue weighted by Gasteiger charge is -2.13. The third kappa shape index (κ3) is 4.78. The summed E-state index contributed by atoms with van der Waals surface area (Å²) in [6, 6.07) is 12.8. The van der Waals surface area contributed by atoms with Crippen molar-refractivity contribution in [2.45, 2.75) is 12.8 Å². The van der Waals surface area contributed by atoms with Gasteiger partial charge in [-0.1, -0.05) is 18.2 Å². The van der Waals surface area contributed by atoms with Crippen LogP contribution in [0, 0.1) is 5.82 Å². The molecule has 5 nitrogen and oxygen atoms in total. The van der Waals surface area contributed by atoms with Crippen molar-refractivity contribution >= 4 is 16.9 Å². The van der Waals surface area contributed by atoms with E-state index in [1.807, 2.05) is 30.5 Å². The van der Waals surface area contributed by atoms with E-state index >= 15 is 0 Å². The molecule has 0 radical (unpaired) electrons. The van der Waals surface area contributed by atoms with Crippen molar-refractivity contribution in [2.24, 2.45) is 4.99 Å². The monoisotopic (exact) mass is 368 g/mol. The van der Waals surface area contributed by atoms with E-state index in [-0.39, 0.29) is 5.82 Å². The van der Waals surface area contributed by atoms with Gasteiger partial charge in [0.05, 0.1) is 7.11 Å². The summed E-state index contributed by atoms with van der Waals surface area (Å²) in [5.41, 5.74) is 3.14. The summed E-state index contributed by atoms with van der Waals surface area (Å²) in [6.45, 7) is 1.49. The average Bonchev–Trinajstić information content (AvgIpc) is 3.09. The van der Waals surface area contributed by atoms with E-state index in [2.05, 4.69) is 26.7 Å². The van der Waals surface area contributed by atoms with Crippen LogP contribution in [0.25, 0.3) is 10.9 Å². The van der Waals surface area contributed by atoms with Gasteiger partial charge in [-0.3, -0.25) is 4.99 Å². The summed E-state index contributed by atoms with van der Waals surface area (Å²) in [4.78, 5) is 7.38. The zero-order chi connectivity index (χ0) is 19.1. The van der Waals surface area contributed by atoms with Gasteiger partial charge in [0.2, 0.25) is 0 Å². The van der Waals surface area contributed by atoms with Crippen molar-refractivity contribution in [3.05, 3.63) is 65.6 Å². The number of halogens is 1. The van der Waals surface area contributed by atoms with Crippen LogP contribution in [-0.2, 0) is 12.8 Å². The molecule has 3 rings (SSSR count). The standard InChI is InChI=1S/C21H25FN4O/c1-23-21(24-11-9-15-5-3-4-6-20(15)27-2)25-12-10-16-14-26-19-13-17(22)7-8-18(16)19/h3-8,13-14,26H,9-12H2,1-2H3,(H2,23,24,25). The number of nitrogens with zero attached hydrogens (tertiary/aromatic N) is 1. The van der Waals surface area contributed by atoms with Crippen LogP contribution in [0.15, 0.2) is 53.7 Å². The Bertz CT molecular complexity index is 919. The van der Waals surface area contributed by atoms with Gasteiger partial charge in [-0.25, -0.2) is 4.39 Å². The number of ether oxygens (including phenoxy) is 1. The summed E-state index contributed by atoms with van der Waals surface area (Å²) in [5, 5.41) is 7.69. The van der Waals surface area contributed by atoms with Crippen LogP contribution in [-0.4, -0.2) is 38.2 Å². The zero-order valence-electron chi connectivity index (χ0n) is 15.7. The number of aliphatic imine (C=N–C) groups is 1. The first-order chi connectivity index (χ1) is 13.2. The predicted molar refractivity (Wildman–Crippen MR) is 108 cm³/mol. The van der Waals surface area contributed by atoms with Crippen molar-refractivity contribution in [1.29, 1.82) is 0 Å². The lowest BCUT2D eigenvalue weighted by Crippen LogP contribution is -2.39. The first kappa shape index (κ1) is 18.8. The van der Waals surface area contributed by atoms with Crippen molar-refractivity contribution < 1.29 is 9.13 Å². The van der Waals surface area contributed by atoms with Crippen molar-refractivity contribution in [3.8, 4) is 5.75 Å². The number of methoxy groups -OCH3 is 1. The van der Waals surface area contributed by atoms with Gasteiger partial charge in [0.25, 0.3) is 0 Å². The number of hydrogen-bond acceptors (Lipinski definition) is 2. The molecule has 0 fully saturated rings. The molecule has 0 saturated heterocycles. The van der Waals surface area contributed by atoms with Crippen LogP contribution >= 0.6 is 0 Å². The second-order valence-electron chi connectivity index (χ2n) is 6.24. The second-order valence-corrected chi connectivity index (χ2v) is 6.24. The Balaban J connectivity index is 1.47. The highest BCUT2D eigenvalue weighted by Crippen LogP contribution is 2.19. The van der Waals surface area contributed by atoms with E-state index in [9.17, 15) is 4.39 Å². The molecule has 6 heteroatoms. The predicted octanol–water partition coefficient (Wildman–Crippen LogP) is 3.27. The third-order valence-electron chi connectivity index (χ3n) is 4.52. The Morgan fingerprint density at radius 2 is 1.81 bits per heavy atom. The molecule has 0 aliphatic heterocycles. The van der Waals surface area contributed by atoms with Crippen LogP contribution in [0.3, 0.4) is 0 Å². The molecule has 1 heterocycles. The number of H-pyrrole nitrogens is 1. The third-order valence-corrected chi connectivity index (χ3v) is 4.52. The van der Waals surface area contributed by atoms with Crippen LogP contribution in [0.1, 0.15) is 11.1 Å². The maximum atomic E-state index is 13.3. The van der Waals surface area contributed by atoms with Gasteiger partial charge in [0.1, 0.15) is 11.6 Å². The molecular weight excluding hydrogens is 343 g/mol. The highest BCUT2D eigenvalue weighted by Gasteiger charge is 2.06. The normalized spacial score (nSPS) is 11.6. The van der Waals surface area contributed by atoms with Gasteiger partial charge in [0.15, 0.2) is 5.96 Å². The molecule has 0 aliphatic rings. The molecule has 0 atom stereocenters. The first-order valence-corrected chi connectivity index (χ1v) is 9.03. The fraction of sp³-hybridized carbons (Fsp3) is 0.286. The number of hydrogen-bond donors (Lipinski definition) is 3. The highest BCUT2D eigenvalue weighted by molar-refractivity contribution is 5.83. The summed E-state index contributed by atoms with van der Waals surface area (Å²) in [7, 11) is 3.44. The summed E-state index contributed by atoms with van der Waals surface area (Å²) in [6.07, 6.45) is 3.60. The van der Waals surface area contributed by atoms with E-state index in [1.165, 1.54) is 12.1 Å². The molecule has 142 valence electrons. The van der Waals surface area contributed by atoms with E-state index in [0.29, 0.717) is 0 Å². The molecule has 0 spiro atoms. The maximum Gasteiger partial charge on any atom is 0.190 e. The van der Waals surface area contributed by atoms with Crippen LogP contribution in [0.2, 0.25) is 0 Å². The number of guanidine groups is 1. The molecule has 1 aromatic heterocycles. The molecule has 0 amide bonds. The number of aromatic amines is 1. The minimum Gasteiger partial charge on any atom is -0.496 e. The van der Waals surface area contributed by atoms with Gasteiger partial charge in [-0.05, 0) is 48.2 Å². The van der Waals surface area contributed by atoms with Crippen LogP contribution in [0.4, 0.5) is 4.39 Å². The number of rotatable bonds is 7. The van der Waals surface area contributed by atoms with E-state index in [0.717, 1.165) is 59.7 Å². The Kier molecular flexibility index (Phi) is 6.30. The molecular formula is C21H25FN4O. The Morgan fingerprint density at radius 1 is 1.07 bits per heavy atom. The maximum absolute atomic E-state index is 13.3. The fourth-order valence-electron chi connectivity index (χ4n) is 3.13. The molecule has 0 bridgehead atoms. The van der Waals surface area contributed by atoms with Crippen molar-refractivity contribution in [3.63, 3.8) is 0 Å². The van der Waals surface area contributed by atoms with Crippen LogP contribution < -0.4 is 15.4 Å². The van der Waals surface area contributed by atoms with Crippen molar-refractivity contribution in [1.82, 2.24) is 15.6 Å². The number of fused-ring (bicyclic) bond motifs is 1. The molecule has 3 aromatic rings. The molecule has 27 heavy (non-hydrogen) atoms. The number of aromatic nitrogens is 1. The smallest absolute Gasteiger partial charge is 0.190 e.